The Hall–Kier alpha value is -1.91. The molecular weight excluding hydrogens is 362 g/mol. The molecule has 1 unspecified atom stereocenters. The van der Waals surface area contributed by atoms with E-state index in [1.807, 2.05) is 11.0 Å². The number of β-amino-alcohol motifs (C(OH)–C–C–N with tert-alkyl or cyclic N) is 1. The van der Waals surface area contributed by atoms with Crippen molar-refractivity contribution in [2.24, 2.45) is 5.73 Å². The zero-order valence-electron chi connectivity index (χ0n) is 16.1. The van der Waals surface area contributed by atoms with Crippen LogP contribution in [0.2, 0.25) is 0 Å². The number of rotatable bonds is 10. The molecule has 28 heavy (non-hydrogen) atoms. The lowest BCUT2D eigenvalue weighted by Crippen LogP contribution is -2.62. The van der Waals surface area contributed by atoms with Gasteiger partial charge in [-0.15, -0.1) is 0 Å². The lowest BCUT2D eigenvalue weighted by molar-refractivity contribution is -0.145. The van der Waals surface area contributed by atoms with Crippen LogP contribution in [-0.2, 0) is 0 Å². The molecule has 1 aliphatic heterocycles. The highest BCUT2D eigenvalue weighted by atomic mass is 16.4. The number of nitrogen functional groups attached to an aromatic ring is 2. The third-order valence-electron chi connectivity index (χ3n) is 5.24. The Morgan fingerprint density at radius 1 is 1.14 bits per heavy atom. The standard InChI is InChI=1S/C19H33N5O4/c20-12-5-6-14(13(9-12)19(21)22)23-7-3-1-2-4-8-24-10-16(26)18(28)17(27)15(24)11-25/h5-6,9,15-18,23,25-28H,1-4,7-8,10-11,20H2,(H3,21,22)/t15-,16+,17-,18?/m1/s1. The molecule has 1 aromatic rings. The van der Waals surface area contributed by atoms with E-state index in [1.54, 1.807) is 12.1 Å². The van der Waals surface area contributed by atoms with Crippen LogP contribution in [0.1, 0.15) is 31.2 Å². The van der Waals surface area contributed by atoms with Crippen LogP contribution < -0.4 is 16.8 Å². The van der Waals surface area contributed by atoms with Crippen molar-refractivity contribution in [1.29, 1.82) is 5.41 Å². The van der Waals surface area contributed by atoms with Crippen LogP contribution in [0, 0.1) is 5.41 Å². The largest absolute Gasteiger partial charge is 0.399 e. The summed E-state index contributed by atoms with van der Waals surface area (Å²) in [5.74, 6) is -0.0238. The number of aliphatic hydroxyl groups is 4. The van der Waals surface area contributed by atoms with Crippen LogP contribution in [0.25, 0.3) is 0 Å². The number of nitrogens with two attached hydrogens (primary N) is 2. The van der Waals surface area contributed by atoms with Crippen LogP contribution in [0.15, 0.2) is 18.2 Å². The Kier molecular flexibility index (Phi) is 8.46. The number of hydrogen-bond donors (Lipinski definition) is 8. The van der Waals surface area contributed by atoms with E-state index in [9.17, 15) is 20.4 Å². The van der Waals surface area contributed by atoms with Gasteiger partial charge in [0, 0.05) is 30.0 Å². The van der Waals surface area contributed by atoms with Gasteiger partial charge in [-0.3, -0.25) is 10.3 Å². The van der Waals surface area contributed by atoms with E-state index in [4.69, 9.17) is 16.9 Å². The molecule has 9 heteroatoms. The molecule has 158 valence electrons. The number of piperidine rings is 1. The zero-order chi connectivity index (χ0) is 20.7. The predicted octanol–water partition coefficient (Wildman–Crippen LogP) is -0.716. The Bertz CT molecular complexity index is 645. The minimum atomic E-state index is -1.22. The summed E-state index contributed by atoms with van der Waals surface area (Å²) in [4.78, 5) is 1.84. The quantitative estimate of drug-likeness (QED) is 0.111. The maximum absolute atomic E-state index is 9.99. The second-order valence-electron chi connectivity index (χ2n) is 7.35. The molecule has 1 fully saturated rings. The van der Waals surface area contributed by atoms with Gasteiger partial charge in [-0.05, 0) is 37.6 Å². The maximum Gasteiger partial charge on any atom is 0.124 e. The van der Waals surface area contributed by atoms with Crippen molar-refractivity contribution in [3.8, 4) is 0 Å². The van der Waals surface area contributed by atoms with E-state index in [0.717, 1.165) is 37.9 Å². The van der Waals surface area contributed by atoms with Gasteiger partial charge in [-0.1, -0.05) is 12.8 Å². The van der Waals surface area contributed by atoms with Crippen LogP contribution in [0.3, 0.4) is 0 Å². The summed E-state index contributed by atoms with van der Waals surface area (Å²) in [6.07, 6.45) is 0.398. The minimum Gasteiger partial charge on any atom is -0.399 e. The van der Waals surface area contributed by atoms with Crippen molar-refractivity contribution in [2.75, 3.05) is 37.3 Å². The van der Waals surface area contributed by atoms with Gasteiger partial charge in [-0.2, -0.15) is 0 Å². The van der Waals surface area contributed by atoms with Crippen LogP contribution >= 0.6 is 0 Å². The van der Waals surface area contributed by atoms with E-state index in [-0.39, 0.29) is 19.0 Å². The Labute approximate surface area is 165 Å². The monoisotopic (exact) mass is 395 g/mol. The first-order valence-corrected chi connectivity index (χ1v) is 9.72. The highest BCUT2D eigenvalue weighted by Gasteiger charge is 2.40. The summed E-state index contributed by atoms with van der Waals surface area (Å²) in [6.45, 7) is 1.38. The molecule has 1 aromatic carbocycles. The van der Waals surface area contributed by atoms with Crippen LogP contribution in [-0.4, -0.2) is 81.8 Å². The van der Waals surface area contributed by atoms with Crippen molar-refractivity contribution in [3.05, 3.63) is 23.8 Å². The first kappa shape index (κ1) is 22.4. The number of hydrogen-bond acceptors (Lipinski definition) is 8. The van der Waals surface area contributed by atoms with Gasteiger partial charge >= 0.3 is 0 Å². The summed E-state index contributed by atoms with van der Waals surface area (Å²) >= 11 is 0. The molecular formula is C19H33N5O4. The first-order chi connectivity index (χ1) is 13.3. The second kappa shape index (κ2) is 10.6. The average molecular weight is 396 g/mol. The lowest BCUT2D eigenvalue weighted by Gasteiger charge is -2.43. The predicted molar refractivity (Wildman–Crippen MR) is 109 cm³/mol. The van der Waals surface area contributed by atoms with Gasteiger partial charge < -0.3 is 37.2 Å². The molecule has 9 nitrogen and oxygen atoms in total. The van der Waals surface area contributed by atoms with Gasteiger partial charge in [0.1, 0.15) is 18.0 Å². The third-order valence-corrected chi connectivity index (χ3v) is 5.24. The number of unbranched alkanes of at least 4 members (excludes halogenated alkanes) is 3. The maximum atomic E-state index is 9.99. The first-order valence-electron chi connectivity index (χ1n) is 9.72. The van der Waals surface area contributed by atoms with Crippen LogP contribution in [0.4, 0.5) is 11.4 Å². The van der Waals surface area contributed by atoms with Crippen molar-refractivity contribution < 1.29 is 20.4 Å². The highest BCUT2D eigenvalue weighted by molar-refractivity contribution is 6.01. The van der Waals surface area contributed by atoms with Gasteiger partial charge in [0.15, 0.2) is 0 Å². The lowest BCUT2D eigenvalue weighted by atomic mass is 9.94. The van der Waals surface area contributed by atoms with Crippen molar-refractivity contribution in [1.82, 2.24) is 4.90 Å². The summed E-state index contributed by atoms with van der Waals surface area (Å²) in [5, 5.41) is 49.9. The fourth-order valence-electron chi connectivity index (χ4n) is 3.59. The summed E-state index contributed by atoms with van der Waals surface area (Å²) < 4.78 is 0. The number of benzene rings is 1. The fourth-order valence-corrected chi connectivity index (χ4v) is 3.59. The summed E-state index contributed by atoms with van der Waals surface area (Å²) in [5.41, 5.74) is 13.3. The summed E-state index contributed by atoms with van der Waals surface area (Å²) in [7, 11) is 0. The van der Waals surface area contributed by atoms with Gasteiger partial charge in [-0.25, -0.2) is 0 Å². The molecule has 0 radical (unpaired) electrons. The number of anilines is 2. The van der Waals surface area contributed by atoms with E-state index in [0.29, 0.717) is 17.8 Å². The number of aliphatic hydroxyl groups excluding tert-OH is 4. The molecule has 0 amide bonds. The Balaban J connectivity index is 1.68. The van der Waals surface area contributed by atoms with Crippen molar-refractivity contribution in [2.45, 2.75) is 50.0 Å². The Morgan fingerprint density at radius 3 is 2.54 bits per heavy atom. The molecule has 4 atom stereocenters. The van der Waals surface area contributed by atoms with Crippen molar-refractivity contribution in [3.63, 3.8) is 0 Å². The Morgan fingerprint density at radius 2 is 1.86 bits per heavy atom. The molecule has 1 heterocycles. The molecule has 0 aliphatic carbocycles. The van der Waals surface area contributed by atoms with Gasteiger partial charge in [0.25, 0.3) is 0 Å². The number of amidine groups is 1. The molecule has 1 saturated heterocycles. The zero-order valence-corrected chi connectivity index (χ0v) is 16.1. The highest BCUT2D eigenvalue weighted by Crippen LogP contribution is 2.20. The smallest absolute Gasteiger partial charge is 0.124 e. The normalized spacial score (nSPS) is 25.6. The molecule has 10 N–H and O–H groups in total. The number of likely N-dealkylation sites (tertiary alicyclic amines) is 1. The van der Waals surface area contributed by atoms with E-state index < -0.39 is 24.4 Å². The molecule has 2 rings (SSSR count). The SMILES string of the molecule is N=C(N)c1cc(N)ccc1NCCCCCCN1C[C@H](O)C(O)[C@H](O)[C@H]1CO. The van der Waals surface area contributed by atoms with Crippen LogP contribution in [0.5, 0.6) is 0 Å². The van der Waals surface area contributed by atoms with E-state index >= 15 is 0 Å². The number of nitrogens with zero attached hydrogens (tertiary/aromatic N) is 1. The molecule has 0 saturated carbocycles. The van der Waals surface area contributed by atoms with E-state index in [2.05, 4.69) is 5.32 Å². The molecule has 1 aliphatic rings. The molecule has 0 aromatic heterocycles. The summed E-state index contributed by atoms with van der Waals surface area (Å²) in [6, 6.07) is 4.73. The molecule has 0 bridgehead atoms. The fraction of sp³-hybridized carbons (Fsp3) is 0.632. The molecule has 0 spiro atoms. The second-order valence-corrected chi connectivity index (χ2v) is 7.35. The van der Waals surface area contributed by atoms with Crippen molar-refractivity contribution >= 4 is 17.2 Å². The van der Waals surface area contributed by atoms with Gasteiger partial charge in [0.05, 0.1) is 18.8 Å². The third kappa shape index (κ3) is 5.79. The average Bonchev–Trinajstić information content (AvgIpc) is 2.66. The number of nitrogens with one attached hydrogen (secondary N) is 2. The van der Waals surface area contributed by atoms with E-state index in [1.165, 1.54) is 0 Å². The van der Waals surface area contributed by atoms with Gasteiger partial charge in [0.2, 0.25) is 0 Å². The minimum absolute atomic E-state index is 0.0238. The topological polar surface area (TPSA) is 172 Å².